The van der Waals surface area contributed by atoms with E-state index in [4.69, 9.17) is 10.00 Å². The van der Waals surface area contributed by atoms with Crippen LogP contribution in [0.3, 0.4) is 0 Å². The minimum Gasteiger partial charge on any atom is -0.480 e. The smallest absolute Gasteiger partial charge is 0.201 e. The molecular weight excluding hydrogens is 152 g/mol. The van der Waals surface area contributed by atoms with Crippen LogP contribution in [0.2, 0.25) is 0 Å². The van der Waals surface area contributed by atoms with Gasteiger partial charge >= 0.3 is 0 Å². The Balaban J connectivity index is 2.61. The molecule has 1 heterocycles. The number of hydrogen-bond acceptors (Lipinski definition) is 3. The van der Waals surface area contributed by atoms with Crippen LogP contribution in [0.5, 0.6) is 0 Å². The summed E-state index contributed by atoms with van der Waals surface area (Å²) in [7, 11) is 0. The van der Waals surface area contributed by atoms with E-state index >= 15 is 0 Å². The fraction of sp³-hybridized carbons (Fsp3) is 0.778. The first-order valence-corrected chi connectivity index (χ1v) is 4.45. The first kappa shape index (κ1) is 9.05. The quantitative estimate of drug-likeness (QED) is 0.595. The van der Waals surface area contributed by atoms with E-state index in [2.05, 4.69) is 11.1 Å². The summed E-state index contributed by atoms with van der Waals surface area (Å²) in [5, 5.41) is 8.80. The minimum atomic E-state index is -0.104. The van der Waals surface area contributed by atoms with Gasteiger partial charge in [-0.05, 0) is 26.2 Å². The Hall–Kier alpha value is -1.04. The Morgan fingerprint density at radius 2 is 2.50 bits per heavy atom. The molecule has 0 amide bonds. The summed E-state index contributed by atoms with van der Waals surface area (Å²) in [6, 6.07) is 2.22. The van der Waals surface area contributed by atoms with Crippen molar-refractivity contribution in [1.82, 2.24) is 0 Å². The lowest BCUT2D eigenvalue weighted by Crippen LogP contribution is -2.15. The molecule has 3 nitrogen and oxygen atoms in total. The second-order valence-electron chi connectivity index (χ2n) is 2.83. The summed E-state index contributed by atoms with van der Waals surface area (Å²) in [6.45, 7) is 3.34. The Bertz CT molecular complexity index is 205. The lowest BCUT2D eigenvalue weighted by molar-refractivity contribution is 0.307. The summed E-state index contributed by atoms with van der Waals surface area (Å²) in [5.41, 5.74) is 0. The monoisotopic (exact) mass is 166 g/mol. The van der Waals surface area contributed by atoms with E-state index in [0.717, 1.165) is 25.8 Å². The average Bonchev–Trinajstić information content (AvgIpc) is 2.30. The molecule has 66 valence electrons. The molecule has 0 bridgehead atoms. The van der Waals surface area contributed by atoms with Crippen LogP contribution in [-0.4, -0.2) is 19.0 Å². The number of nitriles is 1. The highest BCUT2D eigenvalue weighted by atomic mass is 16.5. The van der Waals surface area contributed by atoms with Crippen LogP contribution in [0.1, 0.15) is 26.2 Å². The number of ether oxygens (including phenoxy) is 1. The lowest BCUT2D eigenvalue weighted by Gasteiger charge is -2.09. The Labute approximate surface area is 73.1 Å². The zero-order chi connectivity index (χ0) is 8.81. The predicted molar refractivity (Wildman–Crippen MR) is 46.9 cm³/mol. The molecule has 0 aromatic carbocycles. The first-order valence-electron chi connectivity index (χ1n) is 4.45. The third-order valence-corrected chi connectivity index (χ3v) is 1.91. The van der Waals surface area contributed by atoms with Gasteiger partial charge in [0.1, 0.15) is 5.92 Å². The third-order valence-electron chi connectivity index (χ3n) is 1.91. The average molecular weight is 166 g/mol. The van der Waals surface area contributed by atoms with Gasteiger partial charge in [0.15, 0.2) is 0 Å². The lowest BCUT2D eigenvalue weighted by atomic mass is 10.1. The minimum absolute atomic E-state index is 0.104. The summed E-state index contributed by atoms with van der Waals surface area (Å²) in [4.78, 5) is 4.24. The summed E-state index contributed by atoms with van der Waals surface area (Å²) in [6.07, 6.45) is 3.06. The number of nitrogens with zero attached hydrogens (tertiary/aromatic N) is 2. The van der Waals surface area contributed by atoms with Crippen LogP contribution < -0.4 is 0 Å². The van der Waals surface area contributed by atoms with Crippen molar-refractivity contribution in [3.05, 3.63) is 0 Å². The topological polar surface area (TPSA) is 45.4 Å². The molecule has 1 aliphatic rings. The molecule has 0 radical (unpaired) electrons. The van der Waals surface area contributed by atoms with Gasteiger partial charge in [0.25, 0.3) is 0 Å². The van der Waals surface area contributed by atoms with Crippen LogP contribution in [0.4, 0.5) is 0 Å². The fourth-order valence-electron chi connectivity index (χ4n) is 1.30. The van der Waals surface area contributed by atoms with Gasteiger partial charge in [-0.2, -0.15) is 5.26 Å². The van der Waals surface area contributed by atoms with Gasteiger partial charge in [-0.25, -0.2) is 0 Å². The van der Waals surface area contributed by atoms with Gasteiger partial charge in [-0.1, -0.05) is 0 Å². The molecular formula is C9H14N2O. The largest absolute Gasteiger partial charge is 0.480 e. The van der Waals surface area contributed by atoms with Crippen LogP contribution in [-0.2, 0) is 4.74 Å². The number of aliphatic imine (C=N–C) groups is 1. The maximum absolute atomic E-state index is 8.80. The standard InChI is InChI=1S/C9H14N2O/c1-2-12-9-8(7-10)5-3-4-6-11-9/h8H,2-6H2,1H3. The van der Waals surface area contributed by atoms with Gasteiger partial charge < -0.3 is 4.74 Å². The highest BCUT2D eigenvalue weighted by Crippen LogP contribution is 2.15. The molecule has 0 saturated heterocycles. The predicted octanol–water partition coefficient (Wildman–Crippen LogP) is 1.75. The van der Waals surface area contributed by atoms with Crippen molar-refractivity contribution in [2.24, 2.45) is 10.9 Å². The van der Waals surface area contributed by atoms with Crippen molar-refractivity contribution in [2.75, 3.05) is 13.2 Å². The van der Waals surface area contributed by atoms with Crippen molar-refractivity contribution in [2.45, 2.75) is 26.2 Å². The maximum atomic E-state index is 8.80. The van der Waals surface area contributed by atoms with Crippen LogP contribution in [0.25, 0.3) is 0 Å². The summed E-state index contributed by atoms with van der Waals surface area (Å²) in [5.74, 6) is 0.546. The molecule has 12 heavy (non-hydrogen) atoms. The normalized spacial score (nSPS) is 23.7. The second kappa shape index (κ2) is 4.76. The molecule has 1 atom stereocenters. The number of hydrogen-bond donors (Lipinski definition) is 0. The second-order valence-corrected chi connectivity index (χ2v) is 2.83. The van der Waals surface area contributed by atoms with Gasteiger partial charge in [-0.3, -0.25) is 4.99 Å². The van der Waals surface area contributed by atoms with E-state index < -0.39 is 0 Å². The number of rotatable bonds is 1. The Morgan fingerprint density at radius 3 is 3.17 bits per heavy atom. The zero-order valence-electron chi connectivity index (χ0n) is 7.42. The molecule has 0 aromatic rings. The molecule has 0 aromatic heterocycles. The summed E-state index contributed by atoms with van der Waals surface area (Å²) < 4.78 is 5.29. The zero-order valence-corrected chi connectivity index (χ0v) is 7.42. The third kappa shape index (κ3) is 2.23. The van der Waals surface area contributed by atoms with E-state index in [1.165, 1.54) is 0 Å². The highest BCUT2D eigenvalue weighted by Gasteiger charge is 2.18. The van der Waals surface area contributed by atoms with Crippen molar-refractivity contribution in [3.8, 4) is 6.07 Å². The molecule has 1 unspecified atom stereocenters. The van der Waals surface area contributed by atoms with Crippen molar-refractivity contribution in [1.29, 1.82) is 5.26 Å². The molecule has 0 spiro atoms. The summed E-state index contributed by atoms with van der Waals surface area (Å²) >= 11 is 0. The van der Waals surface area contributed by atoms with Gasteiger partial charge in [-0.15, -0.1) is 0 Å². The van der Waals surface area contributed by atoms with Crippen molar-refractivity contribution < 1.29 is 4.74 Å². The molecule has 0 saturated carbocycles. The molecule has 3 heteroatoms. The first-order chi connectivity index (χ1) is 5.88. The van der Waals surface area contributed by atoms with Crippen LogP contribution in [0.15, 0.2) is 4.99 Å². The van der Waals surface area contributed by atoms with E-state index in [0.29, 0.717) is 12.5 Å². The Morgan fingerprint density at radius 1 is 1.67 bits per heavy atom. The Kier molecular flexibility index (Phi) is 3.59. The highest BCUT2D eigenvalue weighted by molar-refractivity contribution is 5.81. The van der Waals surface area contributed by atoms with E-state index in [1.807, 2.05) is 6.92 Å². The van der Waals surface area contributed by atoms with E-state index in [1.54, 1.807) is 0 Å². The SMILES string of the molecule is CCOC1=NCCCCC1C#N. The molecule has 1 aliphatic heterocycles. The molecule has 1 rings (SSSR count). The molecule has 0 N–H and O–H groups in total. The van der Waals surface area contributed by atoms with E-state index in [9.17, 15) is 0 Å². The van der Waals surface area contributed by atoms with Crippen molar-refractivity contribution >= 4 is 5.90 Å². The van der Waals surface area contributed by atoms with Crippen LogP contribution >= 0.6 is 0 Å². The van der Waals surface area contributed by atoms with Crippen LogP contribution in [0, 0.1) is 17.2 Å². The van der Waals surface area contributed by atoms with Gasteiger partial charge in [0.2, 0.25) is 5.90 Å². The molecule has 0 fully saturated rings. The van der Waals surface area contributed by atoms with E-state index in [-0.39, 0.29) is 5.92 Å². The van der Waals surface area contributed by atoms with Gasteiger partial charge in [0, 0.05) is 6.54 Å². The fourth-order valence-corrected chi connectivity index (χ4v) is 1.30. The maximum Gasteiger partial charge on any atom is 0.201 e. The molecule has 0 aliphatic carbocycles. The van der Waals surface area contributed by atoms with Crippen molar-refractivity contribution in [3.63, 3.8) is 0 Å². The van der Waals surface area contributed by atoms with Gasteiger partial charge in [0.05, 0.1) is 12.7 Å².